The van der Waals surface area contributed by atoms with Crippen molar-refractivity contribution in [3.63, 3.8) is 0 Å². The third-order valence-corrected chi connectivity index (χ3v) is 6.49. The van der Waals surface area contributed by atoms with Gasteiger partial charge in [-0.1, -0.05) is 0 Å². The molecule has 0 amide bonds. The number of benzene rings is 1. The highest BCUT2D eigenvalue weighted by atomic mass is 15.3. The Morgan fingerprint density at radius 2 is 0.630 bits per heavy atom. The van der Waals surface area contributed by atoms with E-state index in [0.29, 0.717) is 0 Å². The van der Waals surface area contributed by atoms with Crippen molar-refractivity contribution in [2.24, 2.45) is 0 Å². The summed E-state index contributed by atoms with van der Waals surface area (Å²) < 4.78 is 0. The minimum atomic E-state index is 1.13. The Hall–Kier alpha value is -1.50. The van der Waals surface area contributed by atoms with Crippen molar-refractivity contribution in [2.75, 3.05) is 114 Å². The van der Waals surface area contributed by atoms with E-state index in [1.165, 1.54) is 17.1 Å². The number of hydrogen-bond acceptors (Lipinski definition) is 6. The van der Waals surface area contributed by atoms with E-state index in [0.717, 1.165) is 78.5 Å². The summed E-state index contributed by atoms with van der Waals surface area (Å²) in [6, 6.07) is 7.32. The highest BCUT2D eigenvalue weighted by Crippen LogP contribution is 2.32. The van der Waals surface area contributed by atoms with Crippen molar-refractivity contribution >= 4 is 17.1 Å². The molecule has 6 nitrogen and oxygen atoms in total. The van der Waals surface area contributed by atoms with E-state index < -0.39 is 0 Å². The minimum absolute atomic E-state index is 1.13. The summed E-state index contributed by atoms with van der Waals surface area (Å²) in [5.74, 6) is 0. The van der Waals surface area contributed by atoms with Crippen LogP contribution in [0.15, 0.2) is 18.2 Å². The Labute approximate surface area is 164 Å². The Bertz CT molecular complexity index is 513. The van der Waals surface area contributed by atoms with Crippen LogP contribution in [0.3, 0.4) is 0 Å². The molecule has 0 aliphatic carbocycles. The van der Waals surface area contributed by atoms with Gasteiger partial charge in [-0.15, -0.1) is 0 Å². The summed E-state index contributed by atoms with van der Waals surface area (Å²) in [5, 5.41) is 0. The molecule has 0 bridgehead atoms. The van der Waals surface area contributed by atoms with Crippen LogP contribution in [0.1, 0.15) is 0 Å². The van der Waals surface area contributed by atoms with Gasteiger partial charge in [-0.05, 0) is 39.3 Å². The van der Waals surface area contributed by atoms with Crippen molar-refractivity contribution in [2.45, 2.75) is 0 Å². The normalized spacial score (nSPS) is 23.9. The molecule has 0 N–H and O–H groups in total. The fourth-order valence-corrected chi connectivity index (χ4v) is 4.32. The molecule has 0 saturated carbocycles. The van der Waals surface area contributed by atoms with Gasteiger partial charge < -0.3 is 29.4 Å². The Morgan fingerprint density at radius 3 is 0.852 bits per heavy atom. The van der Waals surface area contributed by atoms with Gasteiger partial charge in [-0.25, -0.2) is 0 Å². The summed E-state index contributed by atoms with van der Waals surface area (Å²) in [6.45, 7) is 13.7. The van der Waals surface area contributed by atoms with Crippen molar-refractivity contribution in [3.05, 3.63) is 18.2 Å². The van der Waals surface area contributed by atoms with E-state index in [2.05, 4.69) is 68.7 Å². The molecule has 3 fully saturated rings. The molecular formula is C21H36N6. The largest absolute Gasteiger partial charge is 0.369 e. The fourth-order valence-electron chi connectivity index (χ4n) is 4.32. The third kappa shape index (κ3) is 4.50. The number of likely N-dealkylation sites (N-methyl/N-ethyl adjacent to an activating group) is 3. The van der Waals surface area contributed by atoms with Crippen LogP contribution >= 0.6 is 0 Å². The lowest BCUT2D eigenvalue weighted by Gasteiger charge is -2.39. The molecule has 0 radical (unpaired) electrons. The second-order valence-electron chi connectivity index (χ2n) is 8.58. The maximum atomic E-state index is 2.58. The van der Waals surface area contributed by atoms with Gasteiger partial charge in [0.05, 0.1) is 0 Å². The predicted octanol–water partition coefficient (Wildman–Crippen LogP) is 0.942. The molecule has 3 heterocycles. The average Bonchev–Trinajstić information content (AvgIpc) is 2.69. The lowest BCUT2D eigenvalue weighted by Crippen LogP contribution is -2.46. The zero-order chi connectivity index (χ0) is 18.8. The van der Waals surface area contributed by atoms with Crippen LogP contribution in [0.2, 0.25) is 0 Å². The number of hydrogen-bond donors (Lipinski definition) is 0. The predicted molar refractivity (Wildman–Crippen MR) is 116 cm³/mol. The smallest absolute Gasteiger partial charge is 0.0408 e. The van der Waals surface area contributed by atoms with Crippen LogP contribution in [-0.2, 0) is 0 Å². The Balaban J connectivity index is 1.59. The van der Waals surface area contributed by atoms with Crippen LogP contribution < -0.4 is 14.7 Å². The summed E-state index contributed by atoms with van der Waals surface area (Å²) in [7, 11) is 6.69. The summed E-state index contributed by atoms with van der Waals surface area (Å²) >= 11 is 0. The molecule has 150 valence electrons. The first kappa shape index (κ1) is 18.8. The topological polar surface area (TPSA) is 19.4 Å². The van der Waals surface area contributed by atoms with Crippen molar-refractivity contribution in [1.29, 1.82) is 0 Å². The molecule has 4 rings (SSSR count). The van der Waals surface area contributed by atoms with E-state index in [-0.39, 0.29) is 0 Å². The number of piperazine rings is 3. The molecular weight excluding hydrogens is 336 g/mol. The van der Waals surface area contributed by atoms with Gasteiger partial charge in [0.1, 0.15) is 0 Å². The SMILES string of the molecule is CN1CCN(c2cc(N3CCN(C)CC3)cc(N3CCN(C)CC3)c2)CC1. The first-order valence-electron chi connectivity index (χ1n) is 10.5. The quantitative estimate of drug-likeness (QED) is 0.781. The first-order valence-corrected chi connectivity index (χ1v) is 10.5. The Morgan fingerprint density at radius 1 is 0.407 bits per heavy atom. The molecule has 1 aromatic carbocycles. The number of nitrogens with zero attached hydrogens (tertiary/aromatic N) is 6. The molecule has 27 heavy (non-hydrogen) atoms. The van der Waals surface area contributed by atoms with Gasteiger partial charge in [0.25, 0.3) is 0 Å². The zero-order valence-corrected chi connectivity index (χ0v) is 17.4. The lowest BCUT2D eigenvalue weighted by molar-refractivity contribution is 0.310. The maximum absolute atomic E-state index is 2.58. The molecule has 0 spiro atoms. The van der Waals surface area contributed by atoms with Gasteiger partial charge in [0.15, 0.2) is 0 Å². The van der Waals surface area contributed by atoms with Crippen LogP contribution in [0.4, 0.5) is 17.1 Å². The van der Waals surface area contributed by atoms with Gasteiger partial charge in [0, 0.05) is 95.6 Å². The standard InChI is InChI=1S/C21H36N6/c1-22-4-10-25(11-5-22)19-16-20(26-12-6-23(2)7-13-26)18-21(17-19)27-14-8-24(3)9-15-27/h16-18H,4-15H2,1-3H3. The first-order chi connectivity index (χ1) is 13.1. The van der Waals surface area contributed by atoms with Gasteiger partial charge in [0.2, 0.25) is 0 Å². The van der Waals surface area contributed by atoms with Crippen molar-refractivity contribution in [1.82, 2.24) is 14.7 Å². The summed E-state index contributed by atoms with van der Waals surface area (Å²) in [4.78, 5) is 15.0. The lowest BCUT2D eigenvalue weighted by atomic mass is 10.1. The van der Waals surface area contributed by atoms with E-state index in [1.807, 2.05) is 0 Å². The average molecular weight is 373 g/mol. The van der Waals surface area contributed by atoms with Crippen LogP contribution in [0, 0.1) is 0 Å². The van der Waals surface area contributed by atoms with Gasteiger partial charge in [-0.2, -0.15) is 0 Å². The second kappa shape index (κ2) is 8.25. The third-order valence-electron chi connectivity index (χ3n) is 6.49. The molecule has 0 aromatic heterocycles. The molecule has 0 unspecified atom stereocenters. The molecule has 1 aromatic rings. The van der Waals surface area contributed by atoms with E-state index >= 15 is 0 Å². The molecule has 3 saturated heterocycles. The van der Waals surface area contributed by atoms with Crippen LogP contribution in [0.25, 0.3) is 0 Å². The van der Waals surface area contributed by atoms with Crippen LogP contribution in [0.5, 0.6) is 0 Å². The minimum Gasteiger partial charge on any atom is -0.369 e. The Kier molecular flexibility index (Phi) is 5.76. The van der Waals surface area contributed by atoms with Crippen LogP contribution in [-0.4, -0.2) is 114 Å². The molecule has 0 atom stereocenters. The maximum Gasteiger partial charge on any atom is 0.0408 e. The fraction of sp³-hybridized carbons (Fsp3) is 0.714. The van der Waals surface area contributed by atoms with E-state index in [4.69, 9.17) is 0 Å². The number of rotatable bonds is 3. The van der Waals surface area contributed by atoms with Gasteiger partial charge in [-0.3, -0.25) is 0 Å². The zero-order valence-electron chi connectivity index (χ0n) is 17.4. The molecule has 3 aliphatic heterocycles. The van der Waals surface area contributed by atoms with Gasteiger partial charge >= 0.3 is 0 Å². The summed E-state index contributed by atoms with van der Waals surface area (Å²) in [5.41, 5.74) is 4.23. The van der Waals surface area contributed by atoms with E-state index in [9.17, 15) is 0 Å². The highest BCUT2D eigenvalue weighted by molar-refractivity contribution is 5.70. The van der Waals surface area contributed by atoms with E-state index in [1.54, 1.807) is 0 Å². The second-order valence-corrected chi connectivity index (χ2v) is 8.58. The monoisotopic (exact) mass is 372 g/mol. The van der Waals surface area contributed by atoms with Crippen molar-refractivity contribution < 1.29 is 0 Å². The summed E-state index contributed by atoms with van der Waals surface area (Å²) in [6.07, 6.45) is 0. The molecule has 6 heteroatoms. The van der Waals surface area contributed by atoms with Crippen molar-refractivity contribution in [3.8, 4) is 0 Å². The highest BCUT2D eigenvalue weighted by Gasteiger charge is 2.22. The number of anilines is 3. The molecule has 3 aliphatic rings.